The Morgan fingerprint density at radius 3 is 2.35 bits per heavy atom. The predicted molar refractivity (Wildman–Crippen MR) is 170 cm³/mol. The molecule has 3 aromatic carbocycles. The molecule has 4 aromatic rings. The second kappa shape index (κ2) is 11.8. The summed E-state index contributed by atoms with van der Waals surface area (Å²) < 4.78 is 5.97. The predicted octanol–water partition coefficient (Wildman–Crippen LogP) is 6.45. The Bertz CT molecular complexity index is 1630. The molecular weight excluding hydrogens is 534 g/mol. The van der Waals surface area contributed by atoms with Crippen LogP contribution in [0.3, 0.4) is 0 Å². The van der Waals surface area contributed by atoms with E-state index in [1.54, 1.807) is 0 Å². The molecule has 7 heteroatoms. The van der Waals surface area contributed by atoms with E-state index in [9.17, 15) is 10.1 Å². The number of aryl methyl sites for hydroxylation is 2. The summed E-state index contributed by atoms with van der Waals surface area (Å²) in [5, 5.41) is 16.5. The van der Waals surface area contributed by atoms with Gasteiger partial charge in [0.2, 0.25) is 12.3 Å². The molecule has 1 aromatic heterocycles. The summed E-state index contributed by atoms with van der Waals surface area (Å²) in [5.74, 6) is 0.919. The third-order valence-electron chi connectivity index (χ3n) is 9.26. The number of nitrogens with one attached hydrogen (secondary N) is 3. The average Bonchev–Trinajstić information content (AvgIpc) is 3.69. The SMILES string of the molecule is Cc1cc(C)cc(-c2[nH]c3ccc(C(C)(C)C(=O)N4C5CCC4CC5)cc3c2CCNC(NC#N)Oc2ccccc2)c1. The fraction of sp³-hybridized carbons (Fsp3) is 0.389. The molecule has 7 nitrogen and oxygen atoms in total. The molecule has 2 fully saturated rings. The monoisotopic (exact) mass is 575 g/mol. The molecule has 2 bridgehead atoms. The summed E-state index contributed by atoms with van der Waals surface area (Å²) >= 11 is 0. The summed E-state index contributed by atoms with van der Waals surface area (Å²) in [5.41, 5.74) is 7.27. The molecule has 0 spiro atoms. The van der Waals surface area contributed by atoms with Gasteiger partial charge >= 0.3 is 0 Å². The van der Waals surface area contributed by atoms with Crippen molar-refractivity contribution in [1.29, 1.82) is 5.26 Å². The van der Waals surface area contributed by atoms with Crippen LogP contribution in [0.5, 0.6) is 5.75 Å². The molecule has 222 valence electrons. The lowest BCUT2D eigenvalue weighted by Gasteiger charge is -2.33. The first-order valence-corrected chi connectivity index (χ1v) is 15.4. The fourth-order valence-electron chi connectivity index (χ4n) is 7.10. The Morgan fingerprint density at radius 1 is 1.02 bits per heavy atom. The zero-order valence-electron chi connectivity index (χ0n) is 25.5. The zero-order chi connectivity index (χ0) is 30.1. The van der Waals surface area contributed by atoms with Crippen LogP contribution in [-0.4, -0.2) is 40.8 Å². The zero-order valence-corrected chi connectivity index (χ0v) is 25.5. The Balaban J connectivity index is 1.33. The lowest BCUT2D eigenvalue weighted by molar-refractivity contribution is -0.137. The number of ether oxygens (including phenoxy) is 1. The highest BCUT2D eigenvalue weighted by Crippen LogP contribution is 2.42. The lowest BCUT2D eigenvalue weighted by atomic mass is 9.82. The third kappa shape index (κ3) is 5.72. The fourth-order valence-corrected chi connectivity index (χ4v) is 7.10. The number of rotatable bonds is 10. The van der Waals surface area contributed by atoms with E-state index < -0.39 is 11.8 Å². The van der Waals surface area contributed by atoms with Crippen LogP contribution in [0, 0.1) is 25.3 Å². The van der Waals surface area contributed by atoms with Gasteiger partial charge in [-0.2, -0.15) is 5.26 Å². The van der Waals surface area contributed by atoms with E-state index >= 15 is 0 Å². The van der Waals surface area contributed by atoms with Gasteiger partial charge in [-0.15, -0.1) is 0 Å². The van der Waals surface area contributed by atoms with Crippen molar-refractivity contribution in [2.24, 2.45) is 0 Å². The van der Waals surface area contributed by atoms with Gasteiger partial charge in [0.25, 0.3) is 0 Å². The van der Waals surface area contributed by atoms with Crippen LogP contribution in [0.25, 0.3) is 22.2 Å². The van der Waals surface area contributed by atoms with Crippen LogP contribution in [0.15, 0.2) is 66.7 Å². The van der Waals surface area contributed by atoms with Gasteiger partial charge in [0.1, 0.15) is 5.75 Å². The van der Waals surface area contributed by atoms with Gasteiger partial charge in [-0.3, -0.25) is 15.4 Å². The van der Waals surface area contributed by atoms with Gasteiger partial charge in [-0.1, -0.05) is 41.5 Å². The van der Waals surface area contributed by atoms with Crippen LogP contribution < -0.4 is 15.4 Å². The number of carbonyl (C=O) groups excluding carboxylic acids is 1. The maximum absolute atomic E-state index is 14.0. The largest absolute Gasteiger partial charge is 0.457 e. The van der Waals surface area contributed by atoms with Crippen LogP contribution in [0.1, 0.15) is 61.8 Å². The van der Waals surface area contributed by atoms with Gasteiger partial charge in [0.05, 0.1) is 5.41 Å². The summed E-state index contributed by atoms with van der Waals surface area (Å²) in [6.45, 7) is 8.97. The van der Waals surface area contributed by atoms with Crippen molar-refractivity contribution in [3.63, 3.8) is 0 Å². The number of H-pyrrole nitrogens is 1. The number of nitriles is 1. The Hall–Kier alpha value is -4.28. The Labute approximate surface area is 254 Å². The molecule has 43 heavy (non-hydrogen) atoms. The number of para-hydroxylation sites is 1. The van der Waals surface area contributed by atoms with E-state index in [1.807, 2.05) is 36.5 Å². The van der Waals surface area contributed by atoms with Gasteiger partial charge in [-0.05, 0) is 113 Å². The normalized spacial score (nSPS) is 18.5. The Morgan fingerprint density at radius 2 is 1.70 bits per heavy atom. The van der Waals surface area contributed by atoms with Gasteiger partial charge in [0, 0.05) is 35.2 Å². The molecule has 0 aliphatic carbocycles. The first kappa shape index (κ1) is 28.8. The van der Waals surface area contributed by atoms with Crippen LogP contribution in [0.2, 0.25) is 0 Å². The molecule has 3 N–H and O–H groups in total. The van der Waals surface area contributed by atoms with Crippen molar-refractivity contribution in [3.05, 3.63) is 89.0 Å². The minimum Gasteiger partial charge on any atom is -0.457 e. The van der Waals surface area contributed by atoms with E-state index in [0.29, 0.717) is 30.8 Å². The molecule has 2 aliphatic rings. The maximum Gasteiger partial charge on any atom is 0.235 e. The highest BCUT2D eigenvalue weighted by atomic mass is 16.5. The van der Waals surface area contributed by atoms with Crippen molar-refractivity contribution in [2.45, 2.75) is 83.6 Å². The minimum atomic E-state index is -0.662. The summed E-state index contributed by atoms with van der Waals surface area (Å²) in [6.07, 6.45) is 6.57. The lowest BCUT2D eigenvalue weighted by Crippen LogP contribution is -2.46. The van der Waals surface area contributed by atoms with Crippen molar-refractivity contribution < 1.29 is 9.53 Å². The molecule has 1 unspecified atom stereocenters. The summed E-state index contributed by atoms with van der Waals surface area (Å²) in [7, 11) is 0. The number of amides is 1. The van der Waals surface area contributed by atoms with Crippen LogP contribution in [-0.2, 0) is 16.6 Å². The van der Waals surface area contributed by atoms with Crippen LogP contribution >= 0.6 is 0 Å². The Kier molecular flexibility index (Phi) is 7.89. The second-order valence-electron chi connectivity index (χ2n) is 12.7. The maximum atomic E-state index is 14.0. The average molecular weight is 576 g/mol. The molecule has 1 amide bonds. The van der Waals surface area contributed by atoms with Crippen LogP contribution in [0.4, 0.5) is 0 Å². The standard InChI is InChI=1S/C36H41N5O2/c1-23-18-24(2)20-25(19-23)33-30(16-17-38-35(39-22-37)43-29-8-6-5-7-9-29)31-21-26(10-15-32(31)40-33)36(3,4)34(42)41-27-11-12-28(41)14-13-27/h5-10,15,18-21,27-28,35,38-40H,11-14,16-17H2,1-4H3. The smallest absolute Gasteiger partial charge is 0.235 e. The number of fused-ring (bicyclic) bond motifs is 3. The van der Waals surface area contributed by atoms with Crippen molar-refractivity contribution in [2.75, 3.05) is 6.54 Å². The minimum absolute atomic E-state index is 0.244. The first-order chi connectivity index (χ1) is 20.7. The second-order valence-corrected chi connectivity index (χ2v) is 12.7. The molecule has 1 atom stereocenters. The summed E-state index contributed by atoms with van der Waals surface area (Å²) in [6, 6.07) is 23.3. The van der Waals surface area contributed by atoms with E-state index in [2.05, 4.69) is 84.6 Å². The molecule has 0 radical (unpaired) electrons. The van der Waals surface area contributed by atoms with Crippen molar-refractivity contribution in [3.8, 4) is 23.2 Å². The number of aromatic amines is 1. The first-order valence-electron chi connectivity index (χ1n) is 15.4. The van der Waals surface area contributed by atoms with Crippen molar-refractivity contribution >= 4 is 16.8 Å². The number of benzene rings is 3. The highest BCUT2D eigenvalue weighted by molar-refractivity contribution is 5.94. The number of nitrogens with zero attached hydrogens (tertiary/aromatic N) is 2. The highest BCUT2D eigenvalue weighted by Gasteiger charge is 2.46. The van der Waals surface area contributed by atoms with Crippen molar-refractivity contribution in [1.82, 2.24) is 20.5 Å². The molecular formula is C36H41N5O2. The molecule has 6 rings (SSSR count). The molecule has 2 aliphatic heterocycles. The molecule has 0 saturated carbocycles. The number of hydrogen-bond acceptors (Lipinski definition) is 5. The number of hydrogen-bond donors (Lipinski definition) is 3. The number of carbonyl (C=O) groups is 1. The van der Waals surface area contributed by atoms with E-state index in [-0.39, 0.29) is 5.91 Å². The van der Waals surface area contributed by atoms with E-state index in [4.69, 9.17) is 4.74 Å². The number of aromatic nitrogens is 1. The topological polar surface area (TPSA) is 93.2 Å². The molecule has 2 saturated heterocycles. The quantitative estimate of drug-likeness (QED) is 0.115. The van der Waals surface area contributed by atoms with Gasteiger partial charge in [-0.25, -0.2) is 0 Å². The molecule has 3 heterocycles. The van der Waals surface area contributed by atoms with E-state index in [1.165, 1.54) is 16.7 Å². The third-order valence-corrected chi connectivity index (χ3v) is 9.26. The van der Waals surface area contributed by atoms with Gasteiger partial charge in [0.15, 0.2) is 6.19 Å². The van der Waals surface area contributed by atoms with E-state index in [0.717, 1.165) is 53.4 Å². The summed E-state index contributed by atoms with van der Waals surface area (Å²) in [4.78, 5) is 19.9. The van der Waals surface area contributed by atoms with Gasteiger partial charge < -0.3 is 14.6 Å².